The molecule has 0 bridgehead atoms. The second kappa shape index (κ2) is 10.4. The molecule has 0 spiro atoms. The number of fused-ring (bicyclic) bond motifs is 2. The van der Waals surface area contributed by atoms with E-state index in [4.69, 9.17) is 18.3 Å². The lowest BCUT2D eigenvalue weighted by Crippen LogP contribution is -2.06. The van der Waals surface area contributed by atoms with E-state index in [9.17, 15) is 4.79 Å². The fourth-order valence-corrected chi connectivity index (χ4v) is 5.52. The third kappa shape index (κ3) is 4.15. The Balaban J connectivity index is 1.61. The Morgan fingerprint density at radius 1 is 0.600 bits per heavy atom. The maximum Gasteiger partial charge on any atom is 0.201 e. The highest BCUT2D eigenvalue weighted by Crippen LogP contribution is 2.41. The van der Waals surface area contributed by atoms with Gasteiger partial charge in [-0.3, -0.25) is 4.79 Å². The average Bonchev–Trinajstić information content (AvgIpc) is 3.59. The Labute approximate surface area is 232 Å². The van der Waals surface area contributed by atoms with Gasteiger partial charge in [-0.25, -0.2) is 0 Å². The van der Waals surface area contributed by atoms with Crippen molar-refractivity contribution in [3.63, 3.8) is 0 Å². The van der Waals surface area contributed by atoms with E-state index in [2.05, 4.69) is 0 Å². The van der Waals surface area contributed by atoms with Crippen molar-refractivity contribution in [2.24, 2.45) is 0 Å². The minimum atomic E-state index is -0.0897. The van der Waals surface area contributed by atoms with Gasteiger partial charge in [-0.2, -0.15) is 0 Å². The molecule has 40 heavy (non-hydrogen) atoms. The molecule has 0 saturated heterocycles. The molecule has 0 saturated carbocycles. The van der Waals surface area contributed by atoms with E-state index in [1.54, 1.807) is 14.2 Å². The molecule has 6 aromatic rings. The Morgan fingerprint density at radius 3 is 1.35 bits per heavy atom. The lowest BCUT2D eigenvalue weighted by molar-refractivity contribution is 0.103. The summed E-state index contributed by atoms with van der Waals surface area (Å²) in [6.45, 7) is 4.02. The van der Waals surface area contributed by atoms with Crippen molar-refractivity contribution in [3.05, 3.63) is 108 Å². The number of carbonyl (C=O) groups excluding carboxylic acids is 1. The number of aryl methyl sites for hydroxylation is 2. The van der Waals surface area contributed by atoms with E-state index in [1.807, 2.05) is 98.8 Å². The summed E-state index contributed by atoms with van der Waals surface area (Å²) in [6, 6.07) is 27.6. The topological polar surface area (TPSA) is 61.8 Å². The molecule has 200 valence electrons. The van der Waals surface area contributed by atoms with Crippen molar-refractivity contribution < 1.29 is 23.1 Å². The third-order valence-corrected chi connectivity index (χ3v) is 7.47. The number of methoxy groups -OCH3 is 2. The van der Waals surface area contributed by atoms with Gasteiger partial charge in [0.1, 0.15) is 34.2 Å². The summed E-state index contributed by atoms with van der Waals surface area (Å²) in [6.07, 6.45) is 1.17. The van der Waals surface area contributed by atoms with Crippen LogP contribution in [0.15, 0.2) is 93.8 Å². The number of hydrogen-bond acceptors (Lipinski definition) is 5. The Kier molecular flexibility index (Phi) is 6.64. The molecule has 0 fully saturated rings. The molecule has 0 N–H and O–H groups in total. The van der Waals surface area contributed by atoms with Crippen LogP contribution in [-0.2, 0) is 12.8 Å². The van der Waals surface area contributed by atoms with Crippen LogP contribution >= 0.6 is 0 Å². The first-order chi connectivity index (χ1) is 19.6. The van der Waals surface area contributed by atoms with Gasteiger partial charge in [0.25, 0.3) is 0 Å². The van der Waals surface area contributed by atoms with Crippen LogP contribution in [0.2, 0.25) is 0 Å². The molecule has 5 nitrogen and oxygen atoms in total. The predicted octanol–water partition coefficient (Wildman–Crippen LogP) is 8.89. The van der Waals surface area contributed by atoms with Crippen molar-refractivity contribution in [2.45, 2.75) is 26.7 Å². The van der Waals surface area contributed by atoms with Gasteiger partial charge >= 0.3 is 0 Å². The molecule has 2 heterocycles. The first-order valence-electron chi connectivity index (χ1n) is 13.5. The van der Waals surface area contributed by atoms with Gasteiger partial charge in [0.2, 0.25) is 5.78 Å². The minimum absolute atomic E-state index is 0.0897. The molecule has 0 amide bonds. The highest BCUT2D eigenvalue weighted by Gasteiger charge is 2.30. The number of carbonyl (C=O) groups is 1. The molecule has 0 aliphatic rings. The molecule has 0 aliphatic heterocycles. The minimum Gasteiger partial charge on any atom is -0.497 e. The molecule has 0 unspecified atom stereocenters. The first kappa shape index (κ1) is 25.5. The molecule has 4 aromatic carbocycles. The van der Waals surface area contributed by atoms with Gasteiger partial charge in [-0.15, -0.1) is 0 Å². The second-order valence-electron chi connectivity index (χ2n) is 9.65. The smallest absolute Gasteiger partial charge is 0.201 e. The molecule has 0 atom stereocenters. The average molecular weight is 531 g/mol. The van der Waals surface area contributed by atoms with Crippen molar-refractivity contribution in [3.8, 4) is 33.8 Å². The van der Waals surface area contributed by atoms with E-state index in [0.29, 0.717) is 46.7 Å². The summed E-state index contributed by atoms with van der Waals surface area (Å²) < 4.78 is 23.3. The molecule has 0 radical (unpaired) electrons. The Morgan fingerprint density at radius 2 is 1.00 bits per heavy atom. The Bertz CT molecular complexity index is 1700. The molecule has 0 aliphatic carbocycles. The van der Waals surface area contributed by atoms with Gasteiger partial charge in [0.05, 0.1) is 25.3 Å². The van der Waals surface area contributed by atoms with E-state index >= 15 is 0 Å². The van der Waals surface area contributed by atoms with Crippen LogP contribution in [0.5, 0.6) is 11.5 Å². The summed E-state index contributed by atoms with van der Waals surface area (Å²) in [5, 5.41) is 1.63. The number of hydrogen-bond donors (Lipinski definition) is 0. The van der Waals surface area contributed by atoms with Crippen molar-refractivity contribution in [1.82, 2.24) is 0 Å². The number of furan rings is 2. The summed E-state index contributed by atoms with van der Waals surface area (Å²) in [7, 11) is 3.30. The summed E-state index contributed by atoms with van der Waals surface area (Å²) >= 11 is 0. The van der Waals surface area contributed by atoms with Crippen molar-refractivity contribution in [1.29, 1.82) is 0 Å². The van der Waals surface area contributed by atoms with Crippen LogP contribution < -0.4 is 9.47 Å². The number of ketones is 1. The molecule has 6 rings (SSSR count). The zero-order valence-corrected chi connectivity index (χ0v) is 23.0. The standard InChI is InChI=1S/C35H30O5/c1-5-27-33(31-25(9-7-11-29(31)39-27)21-13-17-23(37-3)18-14-21)35(36)34-28(6-2)40-30-12-8-10-26(32(30)34)22-15-19-24(38-4)20-16-22/h7-20H,5-6H2,1-4H3. The summed E-state index contributed by atoms with van der Waals surface area (Å²) in [5.41, 5.74) is 6.40. The van der Waals surface area contributed by atoms with E-state index in [0.717, 1.165) is 44.5 Å². The van der Waals surface area contributed by atoms with Crippen LogP contribution in [0, 0.1) is 0 Å². The predicted molar refractivity (Wildman–Crippen MR) is 159 cm³/mol. The normalized spacial score (nSPS) is 11.3. The number of rotatable bonds is 8. The van der Waals surface area contributed by atoms with Gasteiger partial charge < -0.3 is 18.3 Å². The molecule has 5 heteroatoms. The number of ether oxygens (including phenoxy) is 2. The Hall–Kier alpha value is -4.77. The highest BCUT2D eigenvalue weighted by molar-refractivity contribution is 6.25. The van der Waals surface area contributed by atoms with Crippen molar-refractivity contribution >= 4 is 27.7 Å². The second-order valence-corrected chi connectivity index (χ2v) is 9.65. The monoisotopic (exact) mass is 530 g/mol. The zero-order valence-electron chi connectivity index (χ0n) is 23.0. The van der Waals surface area contributed by atoms with E-state index < -0.39 is 0 Å². The number of benzene rings is 4. The van der Waals surface area contributed by atoms with Gasteiger partial charge in [-0.05, 0) is 58.7 Å². The first-order valence-corrected chi connectivity index (χ1v) is 13.5. The van der Waals surface area contributed by atoms with Crippen LogP contribution in [0.25, 0.3) is 44.2 Å². The lowest BCUT2D eigenvalue weighted by atomic mass is 9.90. The van der Waals surface area contributed by atoms with Crippen LogP contribution in [0.4, 0.5) is 0 Å². The fraction of sp³-hybridized carbons (Fsp3) is 0.171. The van der Waals surface area contributed by atoms with E-state index in [1.165, 1.54) is 0 Å². The zero-order chi connectivity index (χ0) is 27.8. The van der Waals surface area contributed by atoms with Gasteiger partial charge in [0.15, 0.2) is 0 Å². The van der Waals surface area contributed by atoms with E-state index in [-0.39, 0.29) is 5.78 Å². The molecular weight excluding hydrogens is 500 g/mol. The summed E-state index contributed by atoms with van der Waals surface area (Å²) in [4.78, 5) is 14.8. The van der Waals surface area contributed by atoms with Crippen molar-refractivity contribution in [2.75, 3.05) is 14.2 Å². The van der Waals surface area contributed by atoms with Crippen LogP contribution in [-0.4, -0.2) is 20.0 Å². The SMILES string of the molecule is CCc1oc2cccc(-c3ccc(OC)cc3)c2c1C(=O)c1c(CC)oc2cccc(-c3ccc(OC)cc3)c12. The summed E-state index contributed by atoms with van der Waals surface area (Å²) in [5.74, 6) is 2.79. The maximum atomic E-state index is 14.8. The highest BCUT2D eigenvalue weighted by atomic mass is 16.5. The van der Waals surface area contributed by atoms with Crippen LogP contribution in [0.1, 0.15) is 41.3 Å². The van der Waals surface area contributed by atoms with Gasteiger partial charge in [-0.1, -0.05) is 62.4 Å². The molecular formula is C35H30O5. The van der Waals surface area contributed by atoms with Gasteiger partial charge in [0, 0.05) is 23.6 Å². The molecule has 2 aromatic heterocycles. The quantitative estimate of drug-likeness (QED) is 0.184. The van der Waals surface area contributed by atoms with Crippen LogP contribution in [0.3, 0.4) is 0 Å². The largest absolute Gasteiger partial charge is 0.497 e. The fourth-order valence-electron chi connectivity index (χ4n) is 5.52. The third-order valence-electron chi connectivity index (χ3n) is 7.47. The maximum absolute atomic E-state index is 14.8. The lowest BCUT2D eigenvalue weighted by Gasteiger charge is -2.09.